The van der Waals surface area contributed by atoms with E-state index in [-0.39, 0.29) is 11.9 Å². The lowest BCUT2D eigenvalue weighted by Crippen LogP contribution is -2.42. The average molecular weight is 419 g/mol. The van der Waals surface area contributed by atoms with Gasteiger partial charge in [0.1, 0.15) is 5.75 Å². The van der Waals surface area contributed by atoms with Gasteiger partial charge in [0.25, 0.3) is 0 Å². The van der Waals surface area contributed by atoms with Crippen LogP contribution in [0.5, 0.6) is 5.75 Å². The summed E-state index contributed by atoms with van der Waals surface area (Å²) in [5.41, 5.74) is 1.22. The number of rotatable bonds is 11. The fourth-order valence-electron chi connectivity index (χ4n) is 4.08. The minimum atomic E-state index is -0.249. The molecule has 0 radical (unpaired) electrons. The van der Waals surface area contributed by atoms with Crippen LogP contribution < -0.4 is 4.74 Å². The fraction of sp³-hybridized carbons (Fsp3) is 0.667. The molecule has 6 nitrogen and oxygen atoms in total. The van der Waals surface area contributed by atoms with Gasteiger partial charge in [0.15, 0.2) is 0 Å². The third kappa shape index (κ3) is 7.98. The van der Waals surface area contributed by atoms with E-state index in [0.717, 1.165) is 51.3 Å². The summed E-state index contributed by atoms with van der Waals surface area (Å²) in [5.74, 6) is 1.81. The summed E-state index contributed by atoms with van der Waals surface area (Å²) < 4.78 is 10.1. The van der Waals surface area contributed by atoms with Crippen molar-refractivity contribution in [1.82, 2.24) is 9.80 Å². The second-order valence-electron chi connectivity index (χ2n) is 8.65. The smallest absolute Gasteiger partial charge is 0.305 e. The SMILES string of the molecule is COC(=O)CCCC(=O)N(CC(C)C)CC1CCN(Cc2ccccc2OC)CC1. The van der Waals surface area contributed by atoms with Gasteiger partial charge in [0.2, 0.25) is 5.91 Å². The predicted molar refractivity (Wildman–Crippen MR) is 118 cm³/mol. The van der Waals surface area contributed by atoms with Crippen LogP contribution >= 0.6 is 0 Å². The maximum absolute atomic E-state index is 12.7. The maximum atomic E-state index is 12.7. The van der Waals surface area contributed by atoms with E-state index in [4.69, 9.17) is 4.74 Å². The molecule has 1 aromatic carbocycles. The van der Waals surface area contributed by atoms with Gasteiger partial charge in [-0.1, -0.05) is 32.0 Å². The van der Waals surface area contributed by atoms with Crippen molar-refractivity contribution < 1.29 is 19.1 Å². The molecule has 0 aliphatic carbocycles. The normalized spacial score (nSPS) is 15.2. The molecule has 0 unspecified atom stereocenters. The van der Waals surface area contributed by atoms with Crippen molar-refractivity contribution in [3.63, 3.8) is 0 Å². The van der Waals surface area contributed by atoms with Crippen LogP contribution in [-0.4, -0.2) is 62.1 Å². The molecule has 0 aromatic heterocycles. The van der Waals surface area contributed by atoms with Gasteiger partial charge >= 0.3 is 5.97 Å². The number of esters is 1. The first-order chi connectivity index (χ1) is 14.4. The molecule has 2 rings (SSSR count). The number of para-hydroxylation sites is 1. The van der Waals surface area contributed by atoms with Gasteiger partial charge in [-0.25, -0.2) is 0 Å². The van der Waals surface area contributed by atoms with E-state index in [0.29, 0.717) is 31.1 Å². The predicted octanol–water partition coefficient (Wildman–Crippen LogP) is 3.74. The molecule has 0 atom stereocenters. The average Bonchev–Trinajstić information content (AvgIpc) is 2.74. The zero-order valence-corrected chi connectivity index (χ0v) is 19.1. The van der Waals surface area contributed by atoms with E-state index in [1.807, 2.05) is 17.0 Å². The van der Waals surface area contributed by atoms with Crippen LogP contribution in [0.3, 0.4) is 0 Å². The van der Waals surface area contributed by atoms with Crippen molar-refractivity contribution in [3.05, 3.63) is 29.8 Å². The molecule has 6 heteroatoms. The van der Waals surface area contributed by atoms with Crippen LogP contribution in [0.1, 0.15) is 51.5 Å². The molecule has 0 saturated carbocycles. The number of methoxy groups -OCH3 is 2. The summed E-state index contributed by atoms with van der Waals surface area (Å²) in [6.45, 7) is 8.85. The van der Waals surface area contributed by atoms with Gasteiger partial charge in [-0.3, -0.25) is 14.5 Å². The van der Waals surface area contributed by atoms with Gasteiger partial charge in [0, 0.05) is 38.0 Å². The first kappa shape index (κ1) is 24.2. The van der Waals surface area contributed by atoms with Gasteiger partial charge < -0.3 is 14.4 Å². The van der Waals surface area contributed by atoms with E-state index >= 15 is 0 Å². The molecule has 168 valence electrons. The Morgan fingerprint density at radius 2 is 1.83 bits per heavy atom. The summed E-state index contributed by atoms with van der Waals surface area (Å²) in [6, 6.07) is 8.19. The van der Waals surface area contributed by atoms with E-state index in [2.05, 4.69) is 35.6 Å². The summed E-state index contributed by atoms with van der Waals surface area (Å²) >= 11 is 0. The highest BCUT2D eigenvalue weighted by Crippen LogP contribution is 2.24. The summed E-state index contributed by atoms with van der Waals surface area (Å²) in [6.07, 6.45) is 3.46. The Kier molecular flexibility index (Phi) is 10.1. The number of piperidine rings is 1. The van der Waals surface area contributed by atoms with Crippen LogP contribution in [-0.2, 0) is 20.9 Å². The second kappa shape index (κ2) is 12.6. The monoisotopic (exact) mass is 418 g/mol. The number of hydrogen-bond donors (Lipinski definition) is 0. The summed E-state index contributed by atoms with van der Waals surface area (Å²) in [4.78, 5) is 28.5. The number of benzene rings is 1. The zero-order valence-electron chi connectivity index (χ0n) is 19.1. The van der Waals surface area contributed by atoms with Crippen LogP contribution in [0.15, 0.2) is 24.3 Å². The molecule has 1 aromatic rings. The number of carbonyl (C=O) groups is 2. The second-order valence-corrected chi connectivity index (χ2v) is 8.65. The van der Waals surface area contributed by atoms with Crippen molar-refractivity contribution in [2.75, 3.05) is 40.4 Å². The Hall–Kier alpha value is -2.08. The molecule has 0 N–H and O–H groups in total. The van der Waals surface area contributed by atoms with Gasteiger partial charge in [0.05, 0.1) is 14.2 Å². The number of ether oxygens (including phenoxy) is 2. The molecular weight excluding hydrogens is 380 g/mol. The van der Waals surface area contributed by atoms with Crippen LogP contribution in [0.4, 0.5) is 0 Å². The summed E-state index contributed by atoms with van der Waals surface area (Å²) in [5, 5.41) is 0. The molecule has 30 heavy (non-hydrogen) atoms. The van der Waals surface area contributed by atoms with Crippen LogP contribution in [0, 0.1) is 11.8 Å². The molecule has 1 amide bonds. The maximum Gasteiger partial charge on any atom is 0.305 e. The van der Waals surface area contributed by atoms with Crippen LogP contribution in [0.25, 0.3) is 0 Å². The molecule has 1 heterocycles. The molecule has 1 saturated heterocycles. The van der Waals surface area contributed by atoms with E-state index in [9.17, 15) is 9.59 Å². The Balaban J connectivity index is 1.83. The van der Waals surface area contributed by atoms with Crippen molar-refractivity contribution in [2.24, 2.45) is 11.8 Å². The van der Waals surface area contributed by atoms with Crippen molar-refractivity contribution >= 4 is 11.9 Å². The highest BCUT2D eigenvalue weighted by Gasteiger charge is 2.24. The standard InChI is InChI=1S/C24H38N2O4/c1-19(2)16-26(23(27)10-7-11-24(28)30-4)17-20-12-14-25(15-13-20)18-21-8-5-6-9-22(21)29-3/h5-6,8-9,19-20H,7,10-18H2,1-4H3. The largest absolute Gasteiger partial charge is 0.496 e. The van der Waals surface area contributed by atoms with Gasteiger partial charge in [-0.05, 0) is 50.3 Å². The molecule has 1 fully saturated rings. The highest BCUT2D eigenvalue weighted by atomic mass is 16.5. The zero-order chi connectivity index (χ0) is 21.9. The molecule has 0 bridgehead atoms. The third-order valence-corrected chi connectivity index (χ3v) is 5.71. The van der Waals surface area contributed by atoms with Crippen molar-refractivity contribution in [1.29, 1.82) is 0 Å². The molecule has 1 aliphatic heterocycles. The topological polar surface area (TPSA) is 59.1 Å². The minimum Gasteiger partial charge on any atom is -0.496 e. The molecule has 0 spiro atoms. The first-order valence-corrected chi connectivity index (χ1v) is 11.1. The fourth-order valence-corrected chi connectivity index (χ4v) is 4.08. The quantitative estimate of drug-likeness (QED) is 0.513. The number of likely N-dealkylation sites (tertiary alicyclic amines) is 1. The lowest BCUT2D eigenvalue weighted by atomic mass is 9.95. The van der Waals surface area contributed by atoms with E-state index in [1.165, 1.54) is 12.7 Å². The van der Waals surface area contributed by atoms with Gasteiger partial charge in [-0.15, -0.1) is 0 Å². The Morgan fingerprint density at radius 1 is 1.13 bits per heavy atom. The third-order valence-electron chi connectivity index (χ3n) is 5.71. The molecular formula is C24H38N2O4. The minimum absolute atomic E-state index is 0.157. The number of amides is 1. The Morgan fingerprint density at radius 3 is 2.47 bits per heavy atom. The number of carbonyl (C=O) groups excluding carboxylic acids is 2. The Labute approximate surface area is 181 Å². The van der Waals surface area contributed by atoms with Crippen molar-refractivity contribution in [2.45, 2.75) is 52.5 Å². The van der Waals surface area contributed by atoms with E-state index < -0.39 is 0 Å². The molecule has 1 aliphatic rings. The lowest BCUT2D eigenvalue weighted by Gasteiger charge is -2.35. The number of hydrogen-bond acceptors (Lipinski definition) is 5. The number of nitrogens with zero attached hydrogens (tertiary/aromatic N) is 2. The Bertz CT molecular complexity index is 669. The lowest BCUT2D eigenvalue weighted by molar-refractivity contribution is -0.141. The highest BCUT2D eigenvalue weighted by molar-refractivity contribution is 5.77. The first-order valence-electron chi connectivity index (χ1n) is 11.1. The summed E-state index contributed by atoms with van der Waals surface area (Å²) in [7, 11) is 3.10. The van der Waals surface area contributed by atoms with E-state index in [1.54, 1.807) is 7.11 Å². The van der Waals surface area contributed by atoms with Crippen LogP contribution in [0.2, 0.25) is 0 Å². The van der Waals surface area contributed by atoms with Crippen molar-refractivity contribution in [3.8, 4) is 5.75 Å². The van der Waals surface area contributed by atoms with Gasteiger partial charge in [-0.2, -0.15) is 0 Å².